The number of nitrogens with one attached hydrogen (secondary N) is 2. The number of carbonyl (C=O) groups excluding carboxylic acids is 1. The third-order valence-electron chi connectivity index (χ3n) is 4.00. The van der Waals surface area contributed by atoms with Crippen LogP contribution in [0, 0.1) is 5.82 Å². The lowest BCUT2D eigenvalue weighted by atomic mass is 10.2. The molecular weight excluding hydrogens is 343 g/mol. The fourth-order valence-electron chi connectivity index (χ4n) is 2.75. The van der Waals surface area contributed by atoms with Crippen LogP contribution in [0.5, 0.6) is 0 Å². The molecule has 2 aromatic heterocycles. The molecule has 2 aromatic carbocycles. The lowest BCUT2D eigenvalue weighted by Gasteiger charge is -2.10. The first-order valence-electron chi connectivity index (χ1n) is 8.33. The molecule has 0 aliphatic carbocycles. The summed E-state index contributed by atoms with van der Waals surface area (Å²) in [7, 11) is 0. The number of nitrogens with zero attached hydrogens (tertiary/aromatic N) is 2. The number of rotatable bonds is 4. The molecular formula is C21H15FN4O. The zero-order chi connectivity index (χ0) is 18.6. The second-order valence-electron chi connectivity index (χ2n) is 5.90. The first-order valence-corrected chi connectivity index (χ1v) is 8.33. The Morgan fingerprint density at radius 1 is 0.889 bits per heavy atom. The van der Waals surface area contributed by atoms with E-state index in [2.05, 4.69) is 20.6 Å². The van der Waals surface area contributed by atoms with Gasteiger partial charge in [-0.2, -0.15) is 0 Å². The molecule has 0 radical (unpaired) electrons. The van der Waals surface area contributed by atoms with Crippen molar-refractivity contribution in [1.82, 2.24) is 9.97 Å². The van der Waals surface area contributed by atoms with E-state index in [1.54, 1.807) is 30.6 Å². The summed E-state index contributed by atoms with van der Waals surface area (Å²) >= 11 is 0. The Morgan fingerprint density at radius 2 is 1.74 bits per heavy atom. The minimum atomic E-state index is -0.409. The third kappa shape index (κ3) is 3.74. The molecule has 5 nitrogen and oxygen atoms in total. The molecule has 132 valence electrons. The summed E-state index contributed by atoms with van der Waals surface area (Å²) in [6, 6.07) is 18.6. The Labute approximate surface area is 154 Å². The molecule has 2 heterocycles. The summed E-state index contributed by atoms with van der Waals surface area (Å²) in [5.41, 5.74) is 2.41. The van der Waals surface area contributed by atoms with Crippen LogP contribution >= 0.6 is 0 Å². The van der Waals surface area contributed by atoms with Gasteiger partial charge in [0.05, 0.1) is 11.2 Å². The van der Waals surface area contributed by atoms with Gasteiger partial charge in [0.25, 0.3) is 5.91 Å². The molecule has 4 rings (SSSR count). The predicted octanol–water partition coefficient (Wildman–Crippen LogP) is 4.76. The van der Waals surface area contributed by atoms with E-state index in [1.807, 2.05) is 30.3 Å². The highest BCUT2D eigenvalue weighted by atomic mass is 19.1. The van der Waals surface area contributed by atoms with Crippen LogP contribution in [0.25, 0.3) is 10.9 Å². The van der Waals surface area contributed by atoms with Gasteiger partial charge in [0.1, 0.15) is 11.6 Å². The summed E-state index contributed by atoms with van der Waals surface area (Å²) < 4.78 is 13.3. The van der Waals surface area contributed by atoms with Crippen LogP contribution in [0.2, 0.25) is 0 Å². The number of aromatic nitrogens is 2. The summed E-state index contributed by atoms with van der Waals surface area (Å²) in [4.78, 5) is 21.1. The molecule has 0 fully saturated rings. The Morgan fingerprint density at radius 3 is 2.63 bits per heavy atom. The fourth-order valence-corrected chi connectivity index (χ4v) is 2.75. The van der Waals surface area contributed by atoms with Gasteiger partial charge in [-0.05, 0) is 42.5 Å². The largest absolute Gasteiger partial charge is 0.338 e. The lowest BCUT2D eigenvalue weighted by molar-refractivity contribution is 0.102. The maximum atomic E-state index is 13.3. The van der Waals surface area contributed by atoms with Crippen molar-refractivity contribution in [3.05, 3.63) is 90.5 Å². The van der Waals surface area contributed by atoms with Gasteiger partial charge < -0.3 is 10.6 Å². The van der Waals surface area contributed by atoms with E-state index in [4.69, 9.17) is 0 Å². The first kappa shape index (κ1) is 16.7. The molecule has 1 amide bonds. The number of amides is 1. The summed E-state index contributed by atoms with van der Waals surface area (Å²) in [5.74, 6) is -0.240. The topological polar surface area (TPSA) is 66.9 Å². The summed E-state index contributed by atoms with van der Waals surface area (Å²) in [6.45, 7) is 0. The number of anilines is 3. The molecule has 0 saturated heterocycles. The van der Waals surface area contributed by atoms with E-state index < -0.39 is 5.82 Å². The van der Waals surface area contributed by atoms with Crippen molar-refractivity contribution in [3.63, 3.8) is 0 Å². The monoisotopic (exact) mass is 358 g/mol. The average molecular weight is 358 g/mol. The maximum absolute atomic E-state index is 13.3. The molecule has 0 spiro atoms. The van der Waals surface area contributed by atoms with E-state index in [1.165, 1.54) is 18.2 Å². The molecule has 6 heteroatoms. The molecule has 4 aromatic rings. The molecule has 0 unspecified atom stereocenters. The van der Waals surface area contributed by atoms with E-state index in [9.17, 15) is 9.18 Å². The number of para-hydroxylation sites is 1. The van der Waals surface area contributed by atoms with Crippen molar-refractivity contribution < 1.29 is 9.18 Å². The lowest BCUT2D eigenvalue weighted by Crippen LogP contribution is -2.12. The van der Waals surface area contributed by atoms with Gasteiger partial charge in [0.15, 0.2) is 0 Å². The highest BCUT2D eigenvalue weighted by Crippen LogP contribution is 2.24. The predicted molar refractivity (Wildman–Crippen MR) is 104 cm³/mol. The van der Waals surface area contributed by atoms with Crippen LogP contribution in [-0.4, -0.2) is 15.9 Å². The SMILES string of the molecule is O=C(Nc1cccc(F)c1)c1ccnc(Nc2cccc3cccnc23)c1. The first-order chi connectivity index (χ1) is 13.2. The Balaban J connectivity index is 1.58. The average Bonchev–Trinajstić information content (AvgIpc) is 2.68. The highest BCUT2D eigenvalue weighted by molar-refractivity contribution is 6.04. The van der Waals surface area contributed by atoms with Crippen LogP contribution in [0.15, 0.2) is 79.1 Å². The fraction of sp³-hybridized carbons (Fsp3) is 0. The van der Waals surface area contributed by atoms with E-state index >= 15 is 0 Å². The number of hydrogen-bond acceptors (Lipinski definition) is 4. The Kier molecular flexibility index (Phi) is 4.45. The smallest absolute Gasteiger partial charge is 0.255 e. The van der Waals surface area contributed by atoms with Crippen LogP contribution in [-0.2, 0) is 0 Å². The maximum Gasteiger partial charge on any atom is 0.255 e. The molecule has 0 aliphatic heterocycles. The van der Waals surface area contributed by atoms with Crippen molar-refractivity contribution in [3.8, 4) is 0 Å². The molecule has 27 heavy (non-hydrogen) atoms. The molecule has 2 N–H and O–H groups in total. The van der Waals surface area contributed by atoms with Gasteiger partial charge in [-0.15, -0.1) is 0 Å². The number of halogens is 1. The van der Waals surface area contributed by atoms with Gasteiger partial charge in [-0.3, -0.25) is 9.78 Å². The third-order valence-corrected chi connectivity index (χ3v) is 4.00. The van der Waals surface area contributed by atoms with E-state index in [0.717, 1.165) is 16.6 Å². The Bertz CT molecular complexity index is 1120. The second kappa shape index (κ2) is 7.21. The van der Waals surface area contributed by atoms with Gasteiger partial charge in [-0.25, -0.2) is 9.37 Å². The van der Waals surface area contributed by atoms with Crippen LogP contribution in [0.4, 0.5) is 21.6 Å². The Hall–Kier alpha value is -3.80. The highest BCUT2D eigenvalue weighted by Gasteiger charge is 2.09. The van der Waals surface area contributed by atoms with Gasteiger partial charge in [-0.1, -0.05) is 24.3 Å². The molecule has 0 atom stereocenters. The van der Waals surface area contributed by atoms with E-state index in [0.29, 0.717) is 17.1 Å². The summed E-state index contributed by atoms with van der Waals surface area (Å²) in [6.07, 6.45) is 3.27. The normalized spacial score (nSPS) is 10.6. The zero-order valence-electron chi connectivity index (χ0n) is 14.2. The number of carbonyl (C=O) groups is 1. The van der Waals surface area contributed by atoms with Gasteiger partial charge in [0.2, 0.25) is 0 Å². The van der Waals surface area contributed by atoms with Crippen molar-refractivity contribution in [2.75, 3.05) is 10.6 Å². The molecule has 0 aliphatic rings. The van der Waals surface area contributed by atoms with Crippen molar-refractivity contribution >= 4 is 34.0 Å². The second-order valence-corrected chi connectivity index (χ2v) is 5.90. The zero-order valence-corrected chi connectivity index (χ0v) is 14.2. The van der Waals surface area contributed by atoms with Crippen LogP contribution in [0.3, 0.4) is 0 Å². The van der Waals surface area contributed by atoms with Crippen molar-refractivity contribution in [2.24, 2.45) is 0 Å². The van der Waals surface area contributed by atoms with Gasteiger partial charge in [0, 0.05) is 29.0 Å². The number of pyridine rings is 2. The van der Waals surface area contributed by atoms with Crippen molar-refractivity contribution in [2.45, 2.75) is 0 Å². The molecule has 0 bridgehead atoms. The minimum absolute atomic E-state index is 0.345. The van der Waals surface area contributed by atoms with Gasteiger partial charge >= 0.3 is 0 Å². The van der Waals surface area contributed by atoms with Crippen LogP contribution in [0.1, 0.15) is 10.4 Å². The minimum Gasteiger partial charge on any atom is -0.338 e. The van der Waals surface area contributed by atoms with Crippen molar-refractivity contribution in [1.29, 1.82) is 0 Å². The van der Waals surface area contributed by atoms with E-state index in [-0.39, 0.29) is 5.91 Å². The summed E-state index contributed by atoms with van der Waals surface area (Å²) in [5, 5.41) is 6.88. The number of fused-ring (bicyclic) bond motifs is 1. The molecule has 0 saturated carbocycles. The number of hydrogen-bond donors (Lipinski definition) is 2. The quantitative estimate of drug-likeness (QED) is 0.552. The number of benzene rings is 2. The van der Waals surface area contributed by atoms with Crippen LogP contribution < -0.4 is 10.6 Å². The standard InChI is InChI=1S/C21H15FN4O/c22-16-6-2-7-17(13-16)25-21(27)15-9-11-23-19(12-15)26-18-8-1-4-14-5-3-10-24-20(14)18/h1-13H,(H,23,26)(H,25,27).